The van der Waals surface area contributed by atoms with Crippen molar-refractivity contribution in [1.29, 1.82) is 10.5 Å². The highest BCUT2D eigenvalue weighted by Gasteiger charge is 2.32. The van der Waals surface area contributed by atoms with Crippen LogP contribution in [-0.4, -0.2) is 71.6 Å². The van der Waals surface area contributed by atoms with Gasteiger partial charge in [-0.05, 0) is 30.5 Å². The van der Waals surface area contributed by atoms with E-state index in [1.54, 1.807) is 29.4 Å². The lowest BCUT2D eigenvalue weighted by atomic mass is 10.1. The van der Waals surface area contributed by atoms with Gasteiger partial charge >= 0.3 is 0 Å². The van der Waals surface area contributed by atoms with E-state index in [1.807, 2.05) is 26.2 Å². The Morgan fingerprint density at radius 3 is 2.53 bits per heavy atom. The van der Waals surface area contributed by atoms with E-state index in [0.29, 0.717) is 35.6 Å². The van der Waals surface area contributed by atoms with Crippen LogP contribution in [0.25, 0.3) is 11.1 Å². The summed E-state index contributed by atoms with van der Waals surface area (Å²) in [4.78, 5) is 23.0. The van der Waals surface area contributed by atoms with Crippen molar-refractivity contribution in [3.8, 4) is 23.3 Å². The Bertz CT molecular complexity index is 955. The van der Waals surface area contributed by atoms with E-state index in [2.05, 4.69) is 27.4 Å². The van der Waals surface area contributed by atoms with Crippen LogP contribution in [0.5, 0.6) is 0 Å². The van der Waals surface area contributed by atoms with Crippen LogP contribution in [0.2, 0.25) is 0 Å². The first-order valence-electron chi connectivity index (χ1n) is 9.99. The van der Waals surface area contributed by atoms with Crippen molar-refractivity contribution >= 4 is 11.9 Å². The van der Waals surface area contributed by atoms with E-state index in [9.17, 15) is 10.1 Å². The van der Waals surface area contributed by atoms with Gasteiger partial charge in [-0.2, -0.15) is 10.5 Å². The average Bonchev–Trinajstić information content (AvgIpc) is 3.23. The van der Waals surface area contributed by atoms with Crippen molar-refractivity contribution in [2.75, 3.05) is 45.6 Å². The highest BCUT2D eigenvalue weighted by atomic mass is 16.2. The molecule has 8 nitrogen and oxygen atoms in total. The van der Waals surface area contributed by atoms with Gasteiger partial charge in [-0.15, -0.1) is 0 Å². The van der Waals surface area contributed by atoms with E-state index < -0.39 is 0 Å². The summed E-state index contributed by atoms with van der Waals surface area (Å²) >= 11 is 0. The maximum Gasteiger partial charge on any atom is 0.278 e. The number of hydrogen-bond donors (Lipinski definition) is 1. The number of anilines is 1. The summed E-state index contributed by atoms with van der Waals surface area (Å²) < 4.78 is 0.518. The quantitative estimate of drug-likeness (QED) is 0.708. The van der Waals surface area contributed by atoms with E-state index in [1.165, 1.54) is 0 Å². The minimum Gasteiger partial charge on any atom is -0.349 e. The molecule has 1 N–H and O–H groups in total. The topological polar surface area (TPSA) is 106 Å². The lowest BCUT2D eigenvalue weighted by Crippen LogP contribution is -2.51. The molecule has 1 aliphatic heterocycles. The molecule has 154 valence electrons. The predicted octanol–water partition coefficient (Wildman–Crippen LogP) is 2.02. The number of likely N-dealkylation sites (tertiary alicyclic amines) is 1. The number of rotatable bonds is 7. The fraction of sp³-hybridized carbons (Fsp3) is 0.409. The molecule has 1 atom stereocenters. The second-order valence-corrected chi connectivity index (χ2v) is 8.10. The largest absolute Gasteiger partial charge is 0.349 e. The molecule has 2 heterocycles. The Kier molecular flexibility index (Phi) is 6.61. The number of aromatic nitrogens is 2. The number of nitrogens with zero attached hydrogens (tertiary/aromatic N) is 6. The van der Waals surface area contributed by atoms with Crippen molar-refractivity contribution in [2.45, 2.75) is 18.9 Å². The minimum absolute atomic E-state index is 0.0343. The van der Waals surface area contributed by atoms with Crippen LogP contribution in [0.3, 0.4) is 0 Å². The van der Waals surface area contributed by atoms with E-state index in [-0.39, 0.29) is 11.9 Å². The Hall–Kier alpha value is -3.49. The Balaban J connectivity index is 1.49. The Morgan fingerprint density at radius 1 is 1.20 bits per heavy atom. The summed E-state index contributed by atoms with van der Waals surface area (Å²) in [5.74, 6) is 0.565. The van der Waals surface area contributed by atoms with E-state index in [4.69, 9.17) is 5.26 Å². The number of hydrogen-bond acceptors (Lipinski definition) is 6. The Labute approximate surface area is 177 Å². The summed E-state index contributed by atoms with van der Waals surface area (Å²) in [6.07, 6.45) is 5.16. The van der Waals surface area contributed by atoms with Gasteiger partial charge in [-0.3, -0.25) is 4.79 Å². The molecule has 1 aromatic carbocycles. The van der Waals surface area contributed by atoms with Gasteiger partial charge in [0.1, 0.15) is 6.04 Å². The van der Waals surface area contributed by atoms with Crippen molar-refractivity contribution in [3.05, 3.63) is 42.2 Å². The fourth-order valence-corrected chi connectivity index (χ4v) is 3.51. The van der Waals surface area contributed by atoms with Crippen LogP contribution in [-0.2, 0) is 4.79 Å². The third-order valence-electron chi connectivity index (χ3n) is 5.28. The number of quaternary nitrogens is 1. The van der Waals surface area contributed by atoms with E-state index in [0.717, 1.165) is 30.5 Å². The molecule has 3 rings (SSSR count). The van der Waals surface area contributed by atoms with E-state index >= 15 is 0 Å². The first kappa shape index (κ1) is 21.2. The van der Waals surface area contributed by atoms with Gasteiger partial charge in [-0.1, -0.05) is 12.1 Å². The number of nitriles is 2. The molecule has 0 unspecified atom stereocenters. The van der Waals surface area contributed by atoms with Gasteiger partial charge in [0.15, 0.2) is 6.54 Å². The number of carbonyl (C=O) groups is 1. The second kappa shape index (κ2) is 9.34. The van der Waals surface area contributed by atoms with Crippen LogP contribution < -0.4 is 5.32 Å². The Morgan fingerprint density at radius 2 is 1.90 bits per heavy atom. The van der Waals surface area contributed by atoms with Crippen molar-refractivity contribution < 1.29 is 9.28 Å². The monoisotopic (exact) mass is 404 g/mol. The first-order valence-corrected chi connectivity index (χ1v) is 9.99. The van der Waals surface area contributed by atoms with Crippen LogP contribution >= 0.6 is 0 Å². The van der Waals surface area contributed by atoms with Gasteiger partial charge < -0.3 is 14.7 Å². The molecule has 1 saturated heterocycles. The molecule has 1 aromatic heterocycles. The van der Waals surface area contributed by atoms with Gasteiger partial charge in [-0.25, -0.2) is 9.97 Å². The minimum atomic E-state index is -0.279. The van der Waals surface area contributed by atoms with Crippen molar-refractivity contribution in [1.82, 2.24) is 14.9 Å². The van der Waals surface area contributed by atoms with Crippen LogP contribution in [0.15, 0.2) is 36.7 Å². The number of carbonyl (C=O) groups excluding carboxylic acids is 1. The van der Waals surface area contributed by atoms with Crippen LogP contribution in [0, 0.1) is 22.7 Å². The highest BCUT2D eigenvalue weighted by Crippen LogP contribution is 2.19. The molecular formula is C22H26N7O+. The lowest BCUT2D eigenvalue weighted by Gasteiger charge is -2.31. The van der Waals surface area contributed by atoms with Gasteiger partial charge in [0.2, 0.25) is 5.95 Å². The van der Waals surface area contributed by atoms with Crippen molar-refractivity contribution in [2.24, 2.45) is 0 Å². The summed E-state index contributed by atoms with van der Waals surface area (Å²) in [7, 11) is 4.01. The zero-order chi connectivity index (χ0) is 21.6. The van der Waals surface area contributed by atoms with Gasteiger partial charge in [0.05, 0.1) is 44.9 Å². The number of nitrogens with one attached hydrogen (secondary N) is 1. The maximum atomic E-state index is 12.6. The third kappa shape index (κ3) is 5.31. The van der Waals surface area contributed by atoms with Crippen LogP contribution in [0.4, 0.5) is 5.95 Å². The number of amides is 1. The molecule has 0 radical (unpaired) electrons. The SMILES string of the molecule is C[N+](C)(CCNc1ncc(-c2ccc(C#N)cc2)cn1)CC(=O)N1CCC[C@H]1C#N. The van der Waals surface area contributed by atoms with Gasteiger partial charge in [0, 0.05) is 24.5 Å². The molecule has 30 heavy (non-hydrogen) atoms. The standard InChI is InChI=1S/C22H26N7O/c1-29(2,16-21(30)28-10-3-4-20(28)13-24)11-9-25-22-26-14-19(15-27-22)18-7-5-17(12-23)6-8-18/h5-8,14-15,20H,3-4,9-11,16H2,1-2H3,(H,25,26,27)/q+1/t20-/m0/s1. The van der Waals surface area contributed by atoms with Crippen LogP contribution in [0.1, 0.15) is 18.4 Å². The zero-order valence-electron chi connectivity index (χ0n) is 17.4. The molecule has 0 spiro atoms. The second-order valence-electron chi connectivity index (χ2n) is 8.10. The molecule has 1 fully saturated rings. The lowest BCUT2D eigenvalue weighted by molar-refractivity contribution is -0.881. The van der Waals surface area contributed by atoms with Crippen molar-refractivity contribution in [3.63, 3.8) is 0 Å². The number of likely N-dealkylation sites (N-methyl/N-ethyl adjacent to an activating group) is 1. The molecule has 8 heteroatoms. The summed E-state index contributed by atoms with van der Waals surface area (Å²) in [6.45, 7) is 2.38. The molecule has 0 bridgehead atoms. The summed E-state index contributed by atoms with van der Waals surface area (Å²) in [5, 5.41) is 21.3. The highest BCUT2D eigenvalue weighted by molar-refractivity contribution is 5.78. The van der Waals surface area contributed by atoms with Gasteiger partial charge in [0.25, 0.3) is 5.91 Å². The summed E-state index contributed by atoms with van der Waals surface area (Å²) in [5.41, 5.74) is 2.45. The zero-order valence-corrected chi connectivity index (χ0v) is 17.4. The molecule has 2 aromatic rings. The fourth-order valence-electron chi connectivity index (χ4n) is 3.51. The smallest absolute Gasteiger partial charge is 0.278 e. The normalized spacial score (nSPS) is 16.0. The molecular weight excluding hydrogens is 378 g/mol. The molecule has 0 saturated carbocycles. The maximum absolute atomic E-state index is 12.6. The first-order chi connectivity index (χ1) is 14.4. The number of benzene rings is 1. The summed E-state index contributed by atoms with van der Waals surface area (Å²) in [6, 6.07) is 11.3. The average molecular weight is 404 g/mol. The molecule has 0 aliphatic carbocycles. The molecule has 1 amide bonds. The third-order valence-corrected chi connectivity index (χ3v) is 5.28. The molecule has 1 aliphatic rings. The predicted molar refractivity (Wildman–Crippen MR) is 113 cm³/mol.